The molecule has 0 heterocycles. The SMILES string of the molecule is CN=C(N)NC(C)C(N)=O. The number of hydrogen-bond acceptors (Lipinski definition) is 2. The van der Waals surface area contributed by atoms with Gasteiger partial charge in [0.1, 0.15) is 6.04 Å². The average Bonchev–Trinajstić information content (AvgIpc) is 1.87. The third-order valence-corrected chi connectivity index (χ3v) is 1.03. The van der Waals surface area contributed by atoms with E-state index in [2.05, 4.69) is 10.3 Å². The summed E-state index contributed by atoms with van der Waals surface area (Å²) in [5.41, 5.74) is 10.2. The molecular weight excluding hydrogens is 132 g/mol. The Bertz CT molecular complexity index is 154. The van der Waals surface area contributed by atoms with E-state index in [1.165, 1.54) is 7.05 Å². The summed E-state index contributed by atoms with van der Waals surface area (Å²) in [5, 5.41) is 2.58. The molecule has 0 saturated heterocycles. The van der Waals surface area contributed by atoms with Gasteiger partial charge in [-0.05, 0) is 6.92 Å². The minimum atomic E-state index is -0.469. The number of rotatable bonds is 2. The van der Waals surface area contributed by atoms with Crippen molar-refractivity contribution in [2.24, 2.45) is 16.5 Å². The first-order valence-electron chi connectivity index (χ1n) is 2.86. The van der Waals surface area contributed by atoms with Gasteiger partial charge in [0.05, 0.1) is 0 Å². The monoisotopic (exact) mass is 144 g/mol. The van der Waals surface area contributed by atoms with Crippen molar-refractivity contribution in [1.82, 2.24) is 5.32 Å². The van der Waals surface area contributed by atoms with Crippen LogP contribution in [0.5, 0.6) is 0 Å². The zero-order valence-electron chi connectivity index (χ0n) is 6.09. The Labute approximate surface area is 59.5 Å². The zero-order chi connectivity index (χ0) is 8.15. The quantitative estimate of drug-likeness (QED) is 0.321. The second kappa shape index (κ2) is 3.71. The van der Waals surface area contributed by atoms with Crippen molar-refractivity contribution in [3.63, 3.8) is 0 Å². The van der Waals surface area contributed by atoms with Gasteiger partial charge in [-0.2, -0.15) is 0 Å². The van der Waals surface area contributed by atoms with Gasteiger partial charge in [-0.25, -0.2) is 0 Å². The van der Waals surface area contributed by atoms with Gasteiger partial charge < -0.3 is 16.8 Å². The van der Waals surface area contributed by atoms with Crippen LogP contribution < -0.4 is 16.8 Å². The minimum absolute atomic E-state index is 0.214. The summed E-state index contributed by atoms with van der Waals surface area (Å²) in [4.78, 5) is 14.0. The second-order valence-electron chi connectivity index (χ2n) is 1.88. The molecule has 0 spiro atoms. The van der Waals surface area contributed by atoms with E-state index in [9.17, 15) is 4.79 Å². The van der Waals surface area contributed by atoms with Crippen molar-refractivity contribution in [1.29, 1.82) is 0 Å². The number of nitrogens with one attached hydrogen (secondary N) is 1. The Kier molecular flexibility index (Phi) is 3.24. The molecule has 0 aliphatic carbocycles. The third-order valence-electron chi connectivity index (χ3n) is 1.03. The van der Waals surface area contributed by atoms with Gasteiger partial charge in [0.15, 0.2) is 5.96 Å². The maximum Gasteiger partial charge on any atom is 0.239 e. The molecular formula is C5H12N4O. The largest absolute Gasteiger partial charge is 0.370 e. The lowest BCUT2D eigenvalue weighted by Gasteiger charge is -2.08. The molecule has 5 N–H and O–H groups in total. The number of carbonyl (C=O) groups is 1. The van der Waals surface area contributed by atoms with E-state index in [4.69, 9.17) is 11.5 Å². The maximum absolute atomic E-state index is 10.4. The highest BCUT2D eigenvalue weighted by atomic mass is 16.1. The molecule has 0 bridgehead atoms. The fourth-order valence-corrected chi connectivity index (χ4v) is 0.358. The van der Waals surface area contributed by atoms with E-state index < -0.39 is 11.9 Å². The molecule has 0 saturated carbocycles. The molecule has 0 rings (SSSR count). The van der Waals surface area contributed by atoms with Crippen molar-refractivity contribution in [3.05, 3.63) is 0 Å². The molecule has 0 aromatic rings. The fraction of sp³-hybridized carbons (Fsp3) is 0.600. The summed E-state index contributed by atoms with van der Waals surface area (Å²) in [7, 11) is 1.52. The Hall–Kier alpha value is -1.26. The average molecular weight is 144 g/mol. The number of nitrogens with zero attached hydrogens (tertiary/aromatic N) is 1. The van der Waals surface area contributed by atoms with Gasteiger partial charge in [-0.15, -0.1) is 0 Å². The van der Waals surface area contributed by atoms with Crippen molar-refractivity contribution in [2.75, 3.05) is 7.05 Å². The molecule has 5 nitrogen and oxygen atoms in total. The molecule has 0 fully saturated rings. The predicted octanol–water partition coefficient (Wildman–Crippen LogP) is -1.61. The van der Waals surface area contributed by atoms with Crippen LogP contribution in [0.25, 0.3) is 0 Å². The van der Waals surface area contributed by atoms with Crippen LogP contribution in [0.3, 0.4) is 0 Å². The molecule has 0 aliphatic heterocycles. The number of nitrogens with two attached hydrogens (primary N) is 2. The number of primary amides is 1. The van der Waals surface area contributed by atoms with Crippen LogP contribution in [0.1, 0.15) is 6.92 Å². The van der Waals surface area contributed by atoms with Gasteiger partial charge in [-0.3, -0.25) is 9.79 Å². The van der Waals surface area contributed by atoms with Gasteiger partial charge in [0, 0.05) is 7.05 Å². The lowest BCUT2D eigenvalue weighted by molar-refractivity contribution is -0.119. The highest BCUT2D eigenvalue weighted by Crippen LogP contribution is 1.75. The standard InChI is InChI=1S/C5H12N4O/c1-3(4(6)10)9-5(7)8-2/h3H,1-2H3,(H2,6,10)(H3,7,8,9). The van der Waals surface area contributed by atoms with Crippen LogP contribution in [0.2, 0.25) is 0 Å². The molecule has 0 aromatic heterocycles. The van der Waals surface area contributed by atoms with Crippen LogP contribution in [0.4, 0.5) is 0 Å². The predicted molar refractivity (Wildman–Crippen MR) is 39.3 cm³/mol. The lowest BCUT2D eigenvalue weighted by Crippen LogP contribution is -2.45. The number of guanidine groups is 1. The third kappa shape index (κ3) is 2.91. The molecule has 10 heavy (non-hydrogen) atoms. The van der Waals surface area contributed by atoms with Crippen LogP contribution in [-0.2, 0) is 4.79 Å². The van der Waals surface area contributed by atoms with Crippen LogP contribution in [0.15, 0.2) is 4.99 Å². The number of amides is 1. The first kappa shape index (κ1) is 8.74. The number of carbonyl (C=O) groups excluding carboxylic acids is 1. The normalized spacial score (nSPS) is 14.4. The van der Waals surface area contributed by atoms with E-state index in [1.807, 2.05) is 0 Å². The van der Waals surface area contributed by atoms with Crippen LogP contribution >= 0.6 is 0 Å². The highest BCUT2D eigenvalue weighted by Gasteiger charge is 2.06. The van der Waals surface area contributed by atoms with E-state index in [0.29, 0.717) is 0 Å². The minimum Gasteiger partial charge on any atom is -0.370 e. The fourth-order valence-electron chi connectivity index (χ4n) is 0.358. The molecule has 5 heteroatoms. The van der Waals surface area contributed by atoms with E-state index in [0.717, 1.165) is 0 Å². The van der Waals surface area contributed by atoms with Crippen molar-refractivity contribution >= 4 is 11.9 Å². The Balaban J connectivity index is 3.80. The van der Waals surface area contributed by atoms with Gasteiger partial charge in [0.2, 0.25) is 5.91 Å². The second-order valence-corrected chi connectivity index (χ2v) is 1.88. The summed E-state index contributed by atoms with van der Waals surface area (Å²) in [6.07, 6.45) is 0. The molecule has 0 aliphatic rings. The maximum atomic E-state index is 10.4. The molecule has 58 valence electrons. The Morgan fingerprint density at radius 1 is 1.60 bits per heavy atom. The van der Waals surface area contributed by atoms with Crippen molar-refractivity contribution in [2.45, 2.75) is 13.0 Å². The highest BCUT2D eigenvalue weighted by molar-refractivity contribution is 5.86. The molecule has 1 unspecified atom stereocenters. The Morgan fingerprint density at radius 3 is 2.40 bits per heavy atom. The first-order valence-corrected chi connectivity index (χ1v) is 2.86. The summed E-state index contributed by atoms with van der Waals surface area (Å²) < 4.78 is 0. The van der Waals surface area contributed by atoms with Crippen LogP contribution in [-0.4, -0.2) is 25.0 Å². The molecule has 1 atom stereocenters. The smallest absolute Gasteiger partial charge is 0.239 e. The molecule has 1 amide bonds. The topological polar surface area (TPSA) is 93.5 Å². The number of aliphatic imine (C=N–C) groups is 1. The van der Waals surface area contributed by atoms with Gasteiger partial charge in [0.25, 0.3) is 0 Å². The van der Waals surface area contributed by atoms with E-state index in [1.54, 1.807) is 6.92 Å². The first-order chi connectivity index (χ1) is 4.57. The lowest BCUT2D eigenvalue weighted by atomic mass is 10.3. The Morgan fingerprint density at radius 2 is 2.10 bits per heavy atom. The molecule has 0 radical (unpaired) electrons. The van der Waals surface area contributed by atoms with Gasteiger partial charge >= 0.3 is 0 Å². The summed E-state index contributed by atoms with van der Waals surface area (Å²) in [5.74, 6) is -0.238. The van der Waals surface area contributed by atoms with Gasteiger partial charge in [-0.1, -0.05) is 0 Å². The van der Waals surface area contributed by atoms with E-state index >= 15 is 0 Å². The van der Waals surface area contributed by atoms with Crippen molar-refractivity contribution < 1.29 is 4.79 Å². The number of hydrogen-bond donors (Lipinski definition) is 3. The van der Waals surface area contributed by atoms with Crippen molar-refractivity contribution in [3.8, 4) is 0 Å². The molecule has 0 aromatic carbocycles. The zero-order valence-corrected chi connectivity index (χ0v) is 6.09. The van der Waals surface area contributed by atoms with E-state index in [-0.39, 0.29) is 5.96 Å². The summed E-state index contributed by atoms with van der Waals surface area (Å²) in [6.45, 7) is 1.61. The summed E-state index contributed by atoms with van der Waals surface area (Å²) >= 11 is 0. The van der Waals surface area contributed by atoms with Crippen LogP contribution in [0, 0.1) is 0 Å². The summed E-state index contributed by atoms with van der Waals surface area (Å²) in [6, 6.07) is -0.469.